The highest BCUT2D eigenvalue weighted by Gasteiger charge is 2.24. The zero-order valence-corrected chi connectivity index (χ0v) is 15.5. The van der Waals surface area contributed by atoms with E-state index in [-0.39, 0.29) is 6.61 Å². The van der Waals surface area contributed by atoms with Crippen LogP contribution in [0.5, 0.6) is 0 Å². The molecule has 24 heavy (non-hydrogen) atoms. The lowest BCUT2D eigenvalue weighted by atomic mass is 9.86. The van der Waals surface area contributed by atoms with Gasteiger partial charge in [0.05, 0.1) is 5.39 Å². The maximum atomic E-state index is 9.20. The number of fused-ring (bicyclic) bond motifs is 3. The van der Waals surface area contributed by atoms with E-state index in [0.717, 1.165) is 46.5 Å². The maximum Gasteiger partial charge on any atom is 0.142 e. The van der Waals surface area contributed by atoms with Crippen LogP contribution >= 0.6 is 27.3 Å². The normalized spacial score (nSPS) is 17.0. The molecular weight excluding hydrogens is 386 g/mol. The second-order valence-electron chi connectivity index (χ2n) is 6.16. The lowest BCUT2D eigenvalue weighted by Crippen LogP contribution is -2.13. The van der Waals surface area contributed by atoms with E-state index >= 15 is 0 Å². The predicted molar refractivity (Wildman–Crippen MR) is 102 cm³/mol. The Morgan fingerprint density at radius 1 is 1.33 bits per heavy atom. The van der Waals surface area contributed by atoms with Gasteiger partial charge in [-0.25, -0.2) is 9.97 Å². The number of aliphatic hydroxyl groups excluding tert-OH is 1. The molecule has 6 heteroatoms. The Morgan fingerprint density at radius 3 is 3.08 bits per heavy atom. The molecule has 0 radical (unpaired) electrons. The Balaban J connectivity index is 1.72. The van der Waals surface area contributed by atoms with Gasteiger partial charge in [0.1, 0.15) is 17.0 Å². The summed E-state index contributed by atoms with van der Waals surface area (Å²) >= 11 is 5.28. The second-order valence-corrected chi connectivity index (χ2v) is 8.16. The molecule has 0 saturated carbocycles. The molecular formula is C18H18BrN3OS. The molecule has 0 spiro atoms. The fraction of sp³-hybridized carbons (Fsp3) is 0.333. The van der Waals surface area contributed by atoms with Crippen LogP contribution in [0.2, 0.25) is 0 Å². The monoisotopic (exact) mass is 403 g/mol. The zero-order chi connectivity index (χ0) is 16.5. The molecule has 2 heterocycles. The SMILES string of the molecule is OCCC1CCc2c(sc3ncnc(Nc4cccc(Br)c4)c23)C1. The number of anilines is 2. The van der Waals surface area contributed by atoms with Crippen LogP contribution in [0.4, 0.5) is 11.5 Å². The van der Waals surface area contributed by atoms with Gasteiger partial charge in [0.2, 0.25) is 0 Å². The lowest BCUT2D eigenvalue weighted by molar-refractivity contribution is 0.249. The van der Waals surface area contributed by atoms with Crippen LogP contribution in [0.15, 0.2) is 35.1 Å². The fourth-order valence-electron chi connectivity index (χ4n) is 3.41. The minimum Gasteiger partial charge on any atom is -0.396 e. The van der Waals surface area contributed by atoms with Crippen molar-refractivity contribution in [1.82, 2.24) is 9.97 Å². The number of nitrogens with zero attached hydrogens (tertiary/aromatic N) is 2. The number of hydrogen-bond donors (Lipinski definition) is 2. The summed E-state index contributed by atoms with van der Waals surface area (Å²) in [6.45, 7) is 0.278. The topological polar surface area (TPSA) is 58.0 Å². The van der Waals surface area contributed by atoms with Crippen molar-refractivity contribution in [3.05, 3.63) is 45.5 Å². The molecule has 3 aromatic rings. The summed E-state index contributed by atoms with van der Waals surface area (Å²) < 4.78 is 1.04. The molecule has 1 unspecified atom stereocenters. The molecule has 0 bridgehead atoms. The molecule has 0 amide bonds. The minimum absolute atomic E-state index is 0.278. The third-order valence-electron chi connectivity index (χ3n) is 4.57. The molecule has 124 valence electrons. The van der Waals surface area contributed by atoms with E-state index in [1.165, 1.54) is 15.8 Å². The van der Waals surface area contributed by atoms with Crippen molar-refractivity contribution in [2.75, 3.05) is 11.9 Å². The van der Waals surface area contributed by atoms with Crippen LogP contribution < -0.4 is 5.32 Å². The molecule has 2 aromatic heterocycles. The van der Waals surface area contributed by atoms with E-state index in [9.17, 15) is 5.11 Å². The molecule has 0 fully saturated rings. The third-order valence-corrected chi connectivity index (χ3v) is 6.23. The summed E-state index contributed by atoms with van der Waals surface area (Å²) in [4.78, 5) is 11.4. The van der Waals surface area contributed by atoms with Crippen LogP contribution in [0.3, 0.4) is 0 Å². The first-order valence-electron chi connectivity index (χ1n) is 8.13. The smallest absolute Gasteiger partial charge is 0.142 e. The van der Waals surface area contributed by atoms with E-state index < -0.39 is 0 Å². The fourth-order valence-corrected chi connectivity index (χ4v) is 5.11. The van der Waals surface area contributed by atoms with Crippen molar-refractivity contribution in [2.24, 2.45) is 5.92 Å². The Kier molecular flexibility index (Phi) is 4.52. The lowest BCUT2D eigenvalue weighted by Gasteiger charge is -2.21. The first-order chi connectivity index (χ1) is 11.7. The van der Waals surface area contributed by atoms with Crippen LogP contribution in [0.1, 0.15) is 23.3 Å². The summed E-state index contributed by atoms with van der Waals surface area (Å²) in [7, 11) is 0. The van der Waals surface area contributed by atoms with Crippen molar-refractivity contribution in [3.8, 4) is 0 Å². The molecule has 1 aliphatic carbocycles. The van der Waals surface area contributed by atoms with Crippen molar-refractivity contribution >= 4 is 49.0 Å². The van der Waals surface area contributed by atoms with Crippen LogP contribution in [0.25, 0.3) is 10.2 Å². The van der Waals surface area contributed by atoms with Crippen LogP contribution in [-0.2, 0) is 12.8 Å². The van der Waals surface area contributed by atoms with Crippen molar-refractivity contribution < 1.29 is 5.11 Å². The van der Waals surface area contributed by atoms with Gasteiger partial charge in [-0.05, 0) is 55.4 Å². The van der Waals surface area contributed by atoms with E-state index in [2.05, 4.69) is 31.2 Å². The Bertz CT molecular complexity index is 880. The number of aliphatic hydroxyl groups is 1. The summed E-state index contributed by atoms with van der Waals surface area (Å²) in [5.74, 6) is 1.47. The molecule has 1 aliphatic rings. The summed E-state index contributed by atoms with van der Waals surface area (Å²) in [5.41, 5.74) is 2.40. The van der Waals surface area contributed by atoms with Gasteiger partial charge in [-0.15, -0.1) is 11.3 Å². The summed E-state index contributed by atoms with van der Waals surface area (Å²) in [5, 5.41) is 13.8. The standard InChI is InChI=1S/C18H18BrN3OS/c19-12-2-1-3-13(9-12)22-17-16-14-5-4-11(6-7-23)8-15(14)24-18(16)21-10-20-17/h1-3,9-11,23H,4-8H2,(H,20,21,22). The number of aromatic nitrogens is 2. The molecule has 4 rings (SSSR count). The van der Waals surface area contributed by atoms with E-state index in [4.69, 9.17) is 0 Å². The van der Waals surface area contributed by atoms with E-state index in [0.29, 0.717) is 5.92 Å². The first-order valence-corrected chi connectivity index (χ1v) is 9.74. The first kappa shape index (κ1) is 16.0. The van der Waals surface area contributed by atoms with Gasteiger partial charge < -0.3 is 10.4 Å². The largest absolute Gasteiger partial charge is 0.396 e. The molecule has 0 aliphatic heterocycles. The predicted octanol–water partition coefficient (Wildman–Crippen LogP) is 4.68. The third kappa shape index (κ3) is 3.06. The van der Waals surface area contributed by atoms with Crippen LogP contribution in [0, 0.1) is 5.92 Å². The van der Waals surface area contributed by atoms with Gasteiger partial charge in [-0.1, -0.05) is 22.0 Å². The number of rotatable bonds is 4. The van der Waals surface area contributed by atoms with Crippen molar-refractivity contribution in [2.45, 2.75) is 25.7 Å². The average molecular weight is 404 g/mol. The average Bonchev–Trinajstić information content (AvgIpc) is 2.94. The molecule has 0 saturated heterocycles. The molecule has 4 nitrogen and oxygen atoms in total. The van der Waals surface area contributed by atoms with Gasteiger partial charge >= 0.3 is 0 Å². The zero-order valence-electron chi connectivity index (χ0n) is 13.1. The van der Waals surface area contributed by atoms with Gasteiger partial charge in [0, 0.05) is 21.6 Å². The van der Waals surface area contributed by atoms with Crippen molar-refractivity contribution in [1.29, 1.82) is 0 Å². The molecule has 1 aromatic carbocycles. The highest BCUT2D eigenvalue weighted by Crippen LogP contribution is 2.41. The van der Waals surface area contributed by atoms with Crippen LogP contribution in [-0.4, -0.2) is 21.7 Å². The Labute approximate surface area is 153 Å². The molecule has 2 N–H and O–H groups in total. The Morgan fingerprint density at radius 2 is 2.25 bits per heavy atom. The quantitative estimate of drug-likeness (QED) is 0.663. The number of aryl methyl sites for hydroxylation is 1. The van der Waals surface area contributed by atoms with Gasteiger partial charge in [-0.2, -0.15) is 0 Å². The number of hydrogen-bond acceptors (Lipinski definition) is 5. The number of nitrogens with one attached hydrogen (secondary N) is 1. The second kappa shape index (κ2) is 6.78. The molecule has 1 atom stereocenters. The number of benzene rings is 1. The van der Waals surface area contributed by atoms with Gasteiger partial charge in [-0.3, -0.25) is 0 Å². The maximum absolute atomic E-state index is 9.20. The van der Waals surface area contributed by atoms with Crippen molar-refractivity contribution in [3.63, 3.8) is 0 Å². The van der Waals surface area contributed by atoms with Gasteiger partial charge in [0.25, 0.3) is 0 Å². The number of thiophene rings is 1. The van der Waals surface area contributed by atoms with E-state index in [1.807, 2.05) is 24.3 Å². The summed E-state index contributed by atoms with van der Waals surface area (Å²) in [6.07, 6.45) is 5.75. The Hall–Kier alpha value is -1.50. The van der Waals surface area contributed by atoms with E-state index in [1.54, 1.807) is 17.7 Å². The highest BCUT2D eigenvalue weighted by molar-refractivity contribution is 9.10. The highest BCUT2D eigenvalue weighted by atomic mass is 79.9. The number of halogens is 1. The minimum atomic E-state index is 0.278. The summed E-state index contributed by atoms with van der Waals surface area (Å²) in [6, 6.07) is 8.10. The van der Waals surface area contributed by atoms with Gasteiger partial charge in [0.15, 0.2) is 0 Å².